The molecule has 0 spiro atoms. The lowest BCUT2D eigenvalue weighted by atomic mass is 9.98. The fourth-order valence-corrected chi connectivity index (χ4v) is 2.50. The number of aryl methyl sites for hydroxylation is 1. The van der Waals surface area contributed by atoms with E-state index in [2.05, 4.69) is 0 Å². The third-order valence-electron chi connectivity index (χ3n) is 3.39. The van der Waals surface area contributed by atoms with Crippen LogP contribution >= 0.6 is 11.6 Å². The number of ketones is 1. The Morgan fingerprint density at radius 2 is 1.62 bits per heavy atom. The highest BCUT2D eigenvalue weighted by Crippen LogP contribution is 2.27. The molecule has 0 unspecified atom stereocenters. The first-order chi connectivity index (χ1) is 10.1. The van der Waals surface area contributed by atoms with Crippen LogP contribution in [0.1, 0.15) is 15.9 Å². The Labute approximate surface area is 128 Å². The molecule has 0 atom stereocenters. The normalized spacial score (nSPS) is 10.6. The van der Waals surface area contributed by atoms with Crippen LogP contribution in [0, 0.1) is 0 Å². The summed E-state index contributed by atoms with van der Waals surface area (Å²) in [7, 11) is 1.92. The second-order valence-electron chi connectivity index (χ2n) is 4.95. The molecule has 104 valence electrons. The van der Waals surface area contributed by atoms with Crippen LogP contribution in [0.2, 0.25) is 5.02 Å². The molecule has 3 heteroatoms. The zero-order chi connectivity index (χ0) is 14.8. The molecule has 1 aromatic heterocycles. The van der Waals surface area contributed by atoms with E-state index in [1.807, 2.05) is 78.6 Å². The monoisotopic (exact) mass is 295 g/mol. The van der Waals surface area contributed by atoms with Gasteiger partial charge in [-0.2, -0.15) is 0 Å². The van der Waals surface area contributed by atoms with Crippen molar-refractivity contribution in [2.75, 3.05) is 0 Å². The Kier molecular flexibility index (Phi) is 3.63. The number of carbonyl (C=O) groups is 1. The van der Waals surface area contributed by atoms with Crippen molar-refractivity contribution in [1.29, 1.82) is 0 Å². The maximum absolute atomic E-state index is 12.7. The molecule has 0 aliphatic heterocycles. The number of aromatic nitrogens is 1. The summed E-state index contributed by atoms with van der Waals surface area (Å²) in [5.41, 5.74) is 3.30. The molecule has 0 saturated carbocycles. The molecule has 3 aromatic rings. The summed E-state index contributed by atoms with van der Waals surface area (Å²) in [5, 5.41) is 0.686. The van der Waals surface area contributed by atoms with Gasteiger partial charge in [-0.3, -0.25) is 4.79 Å². The topological polar surface area (TPSA) is 22.0 Å². The van der Waals surface area contributed by atoms with E-state index >= 15 is 0 Å². The van der Waals surface area contributed by atoms with Gasteiger partial charge < -0.3 is 4.57 Å². The predicted molar refractivity (Wildman–Crippen MR) is 85.7 cm³/mol. The number of hydrogen-bond donors (Lipinski definition) is 0. The lowest BCUT2D eigenvalue weighted by molar-refractivity contribution is 0.103. The van der Waals surface area contributed by atoms with Gasteiger partial charge in [0.05, 0.1) is 0 Å². The highest BCUT2D eigenvalue weighted by molar-refractivity contribution is 6.30. The van der Waals surface area contributed by atoms with Crippen LogP contribution in [-0.4, -0.2) is 10.4 Å². The minimum atomic E-state index is 0.0288. The highest BCUT2D eigenvalue weighted by atomic mass is 35.5. The van der Waals surface area contributed by atoms with Crippen molar-refractivity contribution in [2.45, 2.75) is 0 Å². The average Bonchev–Trinajstić information content (AvgIpc) is 2.90. The van der Waals surface area contributed by atoms with Crippen molar-refractivity contribution in [3.63, 3.8) is 0 Å². The van der Waals surface area contributed by atoms with E-state index in [-0.39, 0.29) is 5.78 Å². The van der Waals surface area contributed by atoms with Gasteiger partial charge in [-0.25, -0.2) is 0 Å². The van der Waals surface area contributed by atoms with Gasteiger partial charge >= 0.3 is 0 Å². The molecule has 2 nitrogen and oxygen atoms in total. The first kappa shape index (κ1) is 13.7. The van der Waals surface area contributed by atoms with Crippen molar-refractivity contribution in [2.24, 2.45) is 7.05 Å². The van der Waals surface area contributed by atoms with Gasteiger partial charge in [0.25, 0.3) is 0 Å². The van der Waals surface area contributed by atoms with Crippen LogP contribution < -0.4 is 0 Å². The van der Waals surface area contributed by atoms with Crippen molar-refractivity contribution in [3.8, 4) is 11.1 Å². The SMILES string of the molecule is Cn1cc(C(=O)c2ccccc2)c(-c2ccc(Cl)cc2)c1. The first-order valence-electron chi connectivity index (χ1n) is 6.67. The Balaban J connectivity index is 2.08. The molecular formula is C18H14ClNO. The zero-order valence-corrected chi connectivity index (χ0v) is 12.3. The molecule has 0 amide bonds. The zero-order valence-electron chi connectivity index (χ0n) is 11.6. The summed E-state index contributed by atoms with van der Waals surface area (Å²) < 4.78 is 1.90. The molecule has 3 rings (SSSR count). The number of hydrogen-bond acceptors (Lipinski definition) is 1. The standard InChI is InChI=1S/C18H14ClNO/c1-20-11-16(13-7-9-15(19)10-8-13)17(12-20)18(21)14-5-3-2-4-6-14/h2-12H,1H3. The van der Waals surface area contributed by atoms with Crippen LogP contribution in [0.5, 0.6) is 0 Å². The van der Waals surface area contributed by atoms with E-state index in [4.69, 9.17) is 11.6 Å². The summed E-state index contributed by atoms with van der Waals surface area (Å²) in [6.45, 7) is 0. The summed E-state index contributed by atoms with van der Waals surface area (Å²) in [5.74, 6) is 0.0288. The van der Waals surface area contributed by atoms with Crippen LogP contribution in [0.3, 0.4) is 0 Å². The molecule has 21 heavy (non-hydrogen) atoms. The second-order valence-corrected chi connectivity index (χ2v) is 5.39. The predicted octanol–water partition coefficient (Wildman–Crippen LogP) is 4.58. The smallest absolute Gasteiger partial charge is 0.195 e. The molecule has 0 aliphatic rings. The minimum Gasteiger partial charge on any atom is -0.356 e. The Hall–Kier alpha value is -2.32. The van der Waals surface area contributed by atoms with Gasteiger partial charge in [-0.15, -0.1) is 0 Å². The first-order valence-corrected chi connectivity index (χ1v) is 7.04. The number of carbonyl (C=O) groups excluding carboxylic acids is 1. The molecule has 0 bridgehead atoms. The van der Waals surface area contributed by atoms with E-state index in [1.165, 1.54) is 0 Å². The molecule has 2 aromatic carbocycles. The molecule has 0 fully saturated rings. The van der Waals surface area contributed by atoms with Crippen LogP contribution in [0.25, 0.3) is 11.1 Å². The largest absolute Gasteiger partial charge is 0.356 e. The van der Waals surface area contributed by atoms with E-state index < -0.39 is 0 Å². The number of halogens is 1. The summed E-state index contributed by atoms with van der Waals surface area (Å²) in [6, 6.07) is 16.8. The molecular weight excluding hydrogens is 282 g/mol. The van der Waals surface area contributed by atoms with E-state index in [0.29, 0.717) is 16.1 Å². The van der Waals surface area contributed by atoms with Gasteiger partial charge in [-0.1, -0.05) is 54.1 Å². The molecule has 0 N–H and O–H groups in total. The lowest BCUT2D eigenvalue weighted by Gasteiger charge is -2.04. The minimum absolute atomic E-state index is 0.0288. The average molecular weight is 296 g/mol. The Morgan fingerprint density at radius 1 is 0.952 bits per heavy atom. The number of benzene rings is 2. The molecule has 1 heterocycles. The fourth-order valence-electron chi connectivity index (χ4n) is 2.37. The van der Waals surface area contributed by atoms with E-state index in [0.717, 1.165) is 11.1 Å². The molecule has 0 aliphatic carbocycles. The van der Waals surface area contributed by atoms with Gasteiger partial charge in [0, 0.05) is 41.2 Å². The number of rotatable bonds is 3. The lowest BCUT2D eigenvalue weighted by Crippen LogP contribution is -2.01. The molecule has 0 saturated heterocycles. The van der Waals surface area contributed by atoms with Crippen molar-refractivity contribution < 1.29 is 4.79 Å². The summed E-state index contributed by atoms with van der Waals surface area (Å²) in [6.07, 6.45) is 3.82. The Morgan fingerprint density at radius 3 is 2.29 bits per heavy atom. The fraction of sp³-hybridized carbons (Fsp3) is 0.0556. The summed E-state index contributed by atoms with van der Waals surface area (Å²) >= 11 is 5.93. The third kappa shape index (κ3) is 2.76. The van der Waals surface area contributed by atoms with Crippen molar-refractivity contribution in [1.82, 2.24) is 4.57 Å². The van der Waals surface area contributed by atoms with E-state index in [9.17, 15) is 4.79 Å². The van der Waals surface area contributed by atoms with Crippen LogP contribution in [0.4, 0.5) is 0 Å². The Bertz CT molecular complexity index is 773. The van der Waals surface area contributed by atoms with Gasteiger partial charge in [0.2, 0.25) is 0 Å². The van der Waals surface area contributed by atoms with Gasteiger partial charge in [0.1, 0.15) is 0 Å². The maximum Gasteiger partial charge on any atom is 0.195 e. The van der Waals surface area contributed by atoms with Gasteiger partial charge in [-0.05, 0) is 17.7 Å². The quantitative estimate of drug-likeness (QED) is 0.648. The number of nitrogens with zero attached hydrogens (tertiary/aromatic N) is 1. The summed E-state index contributed by atoms with van der Waals surface area (Å²) in [4.78, 5) is 12.7. The maximum atomic E-state index is 12.7. The van der Waals surface area contributed by atoms with E-state index in [1.54, 1.807) is 0 Å². The molecule has 0 radical (unpaired) electrons. The second kappa shape index (κ2) is 5.58. The van der Waals surface area contributed by atoms with Crippen molar-refractivity contribution in [3.05, 3.63) is 83.1 Å². The van der Waals surface area contributed by atoms with Crippen LogP contribution in [0.15, 0.2) is 67.0 Å². The third-order valence-corrected chi connectivity index (χ3v) is 3.64. The van der Waals surface area contributed by atoms with Gasteiger partial charge in [0.15, 0.2) is 5.78 Å². The van der Waals surface area contributed by atoms with Crippen LogP contribution in [-0.2, 0) is 7.05 Å². The highest BCUT2D eigenvalue weighted by Gasteiger charge is 2.16. The van der Waals surface area contributed by atoms with Crippen molar-refractivity contribution >= 4 is 17.4 Å².